The molecule has 10 N–H and O–H groups in total. The SMILES string of the molecule is CCC(N)C(N)C(N)(C(N)CC)C(N)CC. The van der Waals surface area contributed by atoms with Gasteiger partial charge in [0.05, 0.1) is 5.54 Å². The van der Waals surface area contributed by atoms with E-state index in [0.717, 1.165) is 19.3 Å². The van der Waals surface area contributed by atoms with E-state index in [1.165, 1.54) is 0 Å². The monoisotopic (exact) mass is 231 g/mol. The summed E-state index contributed by atoms with van der Waals surface area (Å²) in [5.74, 6) is 0. The van der Waals surface area contributed by atoms with Crippen molar-refractivity contribution in [2.45, 2.75) is 69.7 Å². The molecule has 0 aromatic rings. The molecule has 0 fully saturated rings. The van der Waals surface area contributed by atoms with Gasteiger partial charge >= 0.3 is 0 Å². The molecule has 5 heteroatoms. The van der Waals surface area contributed by atoms with Gasteiger partial charge in [-0.1, -0.05) is 20.8 Å². The standard InChI is InChI=1S/C11H29N5/c1-4-7(12)10(15)11(16,8(13)5-2)9(14)6-3/h7-10H,4-6,12-16H2,1-3H3. The lowest BCUT2D eigenvalue weighted by atomic mass is 9.73. The normalized spacial score (nSPS) is 23.2. The van der Waals surface area contributed by atoms with Crippen LogP contribution in [-0.4, -0.2) is 29.7 Å². The van der Waals surface area contributed by atoms with Crippen LogP contribution in [0.5, 0.6) is 0 Å². The van der Waals surface area contributed by atoms with Crippen molar-refractivity contribution in [1.82, 2.24) is 0 Å². The van der Waals surface area contributed by atoms with Gasteiger partial charge < -0.3 is 28.7 Å². The predicted octanol–water partition coefficient (Wildman–Crippen LogP) is -0.777. The maximum atomic E-state index is 6.37. The zero-order chi connectivity index (χ0) is 12.9. The Kier molecular flexibility index (Phi) is 6.43. The third kappa shape index (κ3) is 2.93. The molecule has 4 unspecified atom stereocenters. The maximum absolute atomic E-state index is 6.37. The van der Waals surface area contributed by atoms with Gasteiger partial charge in [-0.2, -0.15) is 0 Å². The van der Waals surface area contributed by atoms with E-state index < -0.39 is 5.54 Å². The molecular formula is C11H29N5. The van der Waals surface area contributed by atoms with Gasteiger partial charge in [-0.25, -0.2) is 0 Å². The molecule has 0 bridgehead atoms. The first-order valence-corrected chi connectivity index (χ1v) is 6.17. The highest BCUT2D eigenvalue weighted by atomic mass is 15.0. The van der Waals surface area contributed by atoms with Crippen LogP contribution in [0, 0.1) is 0 Å². The lowest BCUT2D eigenvalue weighted by molar-refractivity contribution is 0.201. The van der Waals surface area contributed by atoms with Crippen LogP contribution in [0.25, 0.3) is 0 Å². The summed E-state index contributed by atoms with van der Waals surface area (Å²) in [5.41, 5.74) is 29.9. The summed E-state index contributed by atoms with van der Waals surface area (Å²) in [6, 6.07) is -0.993. The molecule has 0 aliphatic carbocycles. The third-order valence-electron chi connectivity index (χ3n) is 3.67. The molecule has 0 spiro atoms. The number of hydrogen-bond acceptors (Lipinski definition) is 5. The first-order valence-electron chi connectivity index (χ1n) is 6.17. The van der Waals surface area contributed by atoms with Crippen molar-refractivity contribution < 1.29 is 0 Å². The van der Waals surface area contributed by atoms with Crippen LogP contribution < -0.4 is 28.7 Å². The molecule has 0 aliphatic rings. The van der Waals surface area contributed by atoms with Gasteiger partial charge in [-0.3, -0.25) is 0 Å². The van der Waals surface area contributed by atoms with Crippen molar-refractivity contribution in [2.75, 3.05) is 0 Å². The molecule has 98 valence electrons. The summed E-state index contributed by atoms with van der Waals surface area (Å²) in [4.78, 5) is 0. The van der Waals surface area contributed by atoms with Crippen LogP contribution in [-0.2, 0) is 0 Å². The van der Waals surface area contributed by atoms with Crippen molar-refractivity contribution in [3.8, 4) is 0 Å². The van der Waals surface area contributed by atoms with Crippen LogP contribution in [0.2, 0.25) is 0 Å². The minimum Gasteiger partial charge on any atom is -0.326 e. The molecular weight excluding hydrogens is 202 g/mol. The van der Waals surface area contributed by atoms with E-state index in [4.69, 9.17) is 28.7 Å². The highest BCUT2D eigenvalue weighted by Gasteiger charge is 2.44. The second-order valence-electron chi connectivity index (χ2n) is 4.63. The van der Waals surface area contributed by atoms with Gasteiger partial charge in [0.15, 0.2) is 0 Å². The molecule has 0 rings (SSSR count). The number of hydrogen-bond donors (Lipinski definition) is 5. The fourth-order valence-corrected chi connectivity index (χ4v) is 2.10. The molecule has 0 heterocycles. The van der Waals surface area contributed by atoms with Crippen molar-refractivity contribution >= 4 is 0 Å². The minimum atomic E-state index is -0.793. The Labute approximate surface area is 99.1 Å². The van der Waals surface area contributed by atoms with Gasteiger partial charge in [0.1, 0.15) is 0 Å². The van der Waals surface area contributed by atoms with Gasteiger partial charge in [0.25, 0.3) is 0 Å². The fourth-order valence-electron chi connectivity index (χ4n) is 2.10. The van der Waals surface area contributed by atoms with Crippen molar-refractivity contribution in [1.29, 1.82) is 0 Å². The smallest absolute Gasteiger partial charge is 0.0629 e. The van der Waals surface area contributed by atoms with E-state index in [1.807, 2.05) is 20.8 Å². The molecule has 0 saturated carbocycles. The largest absolute Gasteiger partial charge is 0.326 e. The van der Waals surface area contributed by atoms with E-state index in [9.17, 15) is 0 Å². The first-order chi connectivity index (χ1) is 7.35. The van der Waals surface area contributed by atoms with Crippen LogP contribution >= 0.6 is 0 Å². The lowest BCUT2D eigenvalue weighted by Crippen LogP contribution is -2.76. The Morgan fingerprint density at radius 2 is 1.19 bits per heavy atom. The summed E-state index contributed by atoms with van der Waals surface area (Å²) in [6.07, 6.45) is 2.26. The van der Waals surface area contributed by atoms with Crippen molar-refractivity contribution in [3.63, 3.8) is 0 Å². The summed E-state index contributed by atoms with van der Waals surface area (Å²) in [5, 5.41) is 0. The van der Waals surface area contributed by atoms with E-state index >= 15 is 0 Å². The average Bonchev–Trinajstić information content (AvgIpc) is 2.33. The molecule has 5 nitrogen and oxygen atoms in total. The second-order valence-corrected chi connectivity index (χ2v) is 4.63. The fraction of sp³-hybridized carbons (Fsp3) is 1.00. The zero-order valence-electron chi connectivity index (χ0n) is 10.8. The average molecular weight is 231 g/mol. The number of rotatable bonds is 7. The topological polar surface area (TPSA) is 130 Å². The molecule has 0 radical (unpaired) electrons. The Hall–Kier alpha value is -0.200. The third-order valence-corrected chi connectivity index (χ3v) is 3.67. The van der Waals surface area contributed by atoms with E-state index in [1.54, 1.807) is 0 Å². The first kappa shape index (κ1) is 15.8. The second kappa shape index (κ2) is 6.51. The predicted molar refractivity (Wildman–Crippen MR) is 69.7 cm³/mol. The van der Waals surface area contributed by atoms with E-state index in [-0.39, 0.29) is 24.2 Å². The summed E-state index contributed by atoms with van der Waals surface area (Å²) < 4.78 is 0. The Morgan fingerprint density at radius 1 is 0.812 bits per heavy atom. The maximum Gasteiger partial charge on any atom is 0.0629 e. The number of nitrogens with two attached hydrogens (primary N) is 5. The highest BCUT2D eigenvalue weighted by molar-refractivity contribution is 5.10. The van der Waals surface area contributed by atoms with Crippen LogP contribution in [0.1, 0.15) is 40.0 Å². The van der Waals surface area contributed by atoms with Gasteiger partial charge in [0, 0.05) is 24.2 Å². The zero-order valence-corrected chi connectivity index (χ0v) is 10.8. The van der Waals surface area contributed by atoms with Gasteiger partial charge in [-0.15, -0.1) is 0 Å². The summed E-state index contributed by atoms with van der Waals surface area (Å²) in [7, 11) is 0. The summed E-state index contributed by atoms with van der Waals surface area (Å²) in [6.45, 7) is 5.96. The van der Waals surface area contributed by atoms with E-state index in [0.29, 0.717) is 0 Å². The Morgan fingerprint density at radius 3 is 1.44 bits per heavy atom. The lowest BCUT2D eigenvalue weighted by Gasteiger charge is -2.46. The Balaban J connectivity index is 5.06. The quantitative estimate of drug-likeness (QED) is 0.392. The minimum absolute atomic E-state index is 0.166. The molecule has 0 aromatic heterocycles. The van der Waals surface area contributed by atoms with Crippen LogP contribution in [0.15, 0.2) is 0 Å². The molecule has 0 aromatic carbocycles. The van der Waals surface area contributed by atoms with Crippen LogP contribution in [0.4, 0.5) is 0 Å². The van der Waals surface area contributed by atoms with Crippen molar-refractivity contribution in [3.05, 3.63) is 0 Å². The van der Waals surface area contributed by atoms with Gasteiger partial charge in [-0.05, 0) is 19.3 Å². The summed E-state index contributed by atoms with van der Waals surface area (Å²) >= 11 is 0. The molecule has 0 saturated heterocycles. The molecule has 16 heavy (non-hydrogen) atoms. The van der Waals surface area contributed by atoms with Crippen LogP contribution in [0.3, 0.4) is 0 Å². The molecule has 4 atom stereocenters. The highest BCUT2D eigenvalue weighted by Crippen LogP contribution is 2.21. The van der Waals surface area contributed by atoms with E-state index in [2.05, 4.69) is 0 Å². The van der Waals surface area contributed by atoms with Crippen molar-refractivity contribution in [2.24, 2.45) is 28.7 Å². The molecule has 0 amide bonds. The molecule has 0 aliphatic heterocycles. The Bertz CT molecular complexity index is 187. The van der Waals surface area contributed by atoms with Gasteiger partial charge in [0.2, 0.25) is 0 Å².